The van der Waals surface area contributed by atoms with E-state index in [9.17, 15) is 18.0 Å². The molecule has 1 amide bonds. The number of carbonyl (C=O) groups is 1. The molecule has 0 saturated heterocycles. The lowest BCUT2D eigenvalue weighted by Crippen LogP contribution is -2.33. The molecule has 0 aliphatic rings. The number of hydrogen-bond acceptors (Lipinski definition) is 3. The van der Waals surface area contributed by atoms with E-state index in [1.165, 1.54) is 13.2 Å². The van der Waals surface area contributed by atoms with Crippen LogP contribution < -0.4 is 5.32 Å². The molecular formula is C16H22F3NO2S. The van der Waals surface area contributed by atoms with Crippen LogP contribution in [0.25, 0.3) is 0 Å². The molecule has 130 valence electrons. The number of hydrogen-bond donors (Lipinski definition) is 1. The Bertz CT molecular complexity index is 557. The summed E-state index contributed by atoms with van der Waals surface area (Å²) in [5.74, 6) is -2.91. The van der Waals surface area contributed by atoms with Crippen LogP contribution in [0.4, 0.5) is 18.0 Å². The van der Waals surface area contributed by atoms with Crippen LogP contribution in [0.5, 0.6) is 0 Å². The Kier molecular flexibility index (Phi) is 6.80. The van der Waals surface area contributed by atoms with Crippen LogP contribution in [0.1, 0.15) is 38.3 Å². The van der Waals surface area contributed by atoms with Crippen LogP contribution >= 0.6 is 11.8 Å². The fourth-order valence-electron chi connectivity index (χ4n) is 2.04. The normalized spacial score (nSPS) is 11.5. The zero-order valence-corrected chi connectivity index (χ0v) is 14.8. The fraction of sp³-hybridized carbons (Fsp3) is 0.562. The topological polar surface area (TPSA) is 38.3 Å². The van der Waals surface area contributed by atoms with Crippen molar-refractivity contribution in [3.05, 3.63) is 28.6 Å². The summed E-state index contributed by atoms with van der Waals surface area (Å²) in [7, 11) is 0. The van der Waals surface area contributed by atoms with Gasteiger partial charge in [-0.2, -0.15) is 0 Å². The van der Waals surface area contributed by atoms with Crippen LogP contribution in [0.3, 0.4) is 0 Å². The van der Waals surface area contributed by atoms with Crippen LogP contribution in [-0.2, 0) is 11.2 Å². The Hall–Kier alpha value is -1.37. The van der Waals surface area contributed by atoms with Gasteiger partial charge in [-0.3, -0.25) is 0 Å². The van der Waals surface area contributed by atoms with E-state index >= 15 is 0 Å². The smallest absolute Gasteiger partial charge is 0.407 e. The van der Waals surface area contributed by atoms with Gasteiger partial charge < -0.3 is 10.1 Å². The average molecular weight is 349 g/mol. The Labute approximate surface area is 139 Å². The first-order chi connectivity index (χ1) is 10.6. The molecule has 0 heterocycles. The minimum Gasteiger partial charge on any atom is -0.444 e. The predicted octanol–water partition coefficient (Wildman–Crippen LogP) is 4.59. The minimum absolute atomic E-state index is 0.00351. The Balaban J connectivity index is 2.68. The SMILES string of the molecule is CSc1c(F)c(C)c(CCCNC(=O)OC(C)(C)C)c(F)c1F. The molecule has 1 rings (SSSR count). The van der Waals surface area contributed by atoms with Crippen molar-refractivity contribution in [1.82, 2.24) is 5.32 Å². The number of halogens is 3. The van der Waals surface area contributed by atoms with E-state index in [0.29, 0.717) is 6.42 Å². The van der Waals surface area contributed by atoms with Crippen LogP contribution in [0.15, 0.2) is 4.90 Å². The van der Waals surface area contributed by atoms with Gasteiger partial charge in [0.1, 0.15) is 11.4 Å². The van der Waals surface area contributed by atoms with Gasteiger partial charge in [0.2, 0.25) is 0 Å². The van der Waals surface area contributed by atoms with E-state index in [1.807, 2.05) is 0 Å². The molecule has 0 radical (unpaired) electrons. The fourth-order valence-corrected chi connectivity index (χ4v) is 2.64. The van der Waals surface area contributed by atoms with Crippen molar-refractivity contribution in [3.63, 3.8) is 0 Å². The number of thioether (sulfide) groups is 1. The molecule has 0 aromatic heterocycles. The van der Waals surface area contributed by atoms with Gasteiger partial charge in [0.05, 0.1) is 4.90 Å². The number of carbonyl (C=O) groups excluding carboxylic acids is 1. The molecule has 7 heteroatoms. The Morgan fingerprint density at radius 3 is 2.30 bits per heavy atom. The first-order valence-electron chi connectivity index (χ1n) is 7.25. The van der Waals surface area contributed by atoms with Crippen molar-refractivity contribution in [2.45, 2.75) is 51.0 Å². The highest BCUT2D eigenvalue weighted by Crippen LogP contribution is 2.31. The third-order valence-corrected chi connectivity index (χ3v) is 3.88. The molecule has 0 atom stereocenters. The molecule has 3 nitrogen and oxygen atoms in total. The maximum absolute atomic E-state index is 14.0. The molecule has 0 aliphatic carbocycles. The summed E-state index contributed by atoms with van der Waals surface area (Å²) in [5, 5.41) is 2.52. The molecule has 0 spiro atoms. The van der Waals surface area contributed by atoms with Crippen molar-refractivity contribution in [2.24, 2.45) is 0 Å². The van der Waals surface area contributed by atoms with Crippen molar-refractivity contribution in [1.29, 1.82) is 0 Å². The summed E-state index contributed by atoms with van der Waals surface area (Å²) < 4.78 is 46.9. The highest BCUT2D eigenvalue weighted by molar-refractivity contribution is 7.98. The van der Waals surface area contributed by atoms with E-state index in [4.69, 9.17) is 4.74 Å². The van der Waals surface area contributed by atoms with E-state index in [1.54, 1.807) is 20.8 Å². The maximum Gasteiger partial charge on any atom is 0.407 e. The summed E-state index contributed by atoms with van der Waals surface area (Å²) in [6.07, 6.45) is 1.37. The minimum atomic E-state index is -1.16. The lowest BCUT2D eigenvalue weighted by atomic mass is 10.0. The quantitative estimate of drug-likeness (QED) is 0.480. The molecule has 0 unspecified atom stereocenters. The second-order valence-electron chi connectivity index (χ2n) is 6.11. The van der Waals surface area contributed by atoms with E-state index in [-0.39, 0.29) is 29.0 Å². The maximum atomic E-state index is 14.0. The number of alkyl carbamates (subject to hydrolysis) is 1. The highest BCUT2D eigenvalue weighted by atomic mass is 32.2. The molecule has 0 aliphatic heterocycles. The molecule has 1 aromatic rings. The Morgan fingerprint density at radius 2 is 1.78 bits per heavy atom. The summed E-state index contributed by atoms with van der Waals surface area (Å²) in [5.41, 5.74) is -0.499. The van der Waals surface area contributed by atoms with Gasteiger partial charge in [-0.25, -0.2) is 18.0 Å². The van der Waals surface area contributed by atoms with Gasteiger partial charge >= 0.3 is 6.09 Å². The first-order valence-corrected chi connectivity index (χ1v) is 8.47. The van der Waals surface area contributed by atoms with Crippen LogP contribution in [0, 0.1) is 24.4 Å². The zero-order chi connectivity index (χ0) is 17.8. The Morgan fingerprint density at radius 1 is 1.17 bits per heavy atom. The van der Waals surface area contributed by atoms with Gasteiger partial charge in [0.25, 0.3) is 0 Å². The van der Waals surface area contributed by atoms with Crippen molar-refractivity contribution in [2.75, 3.05) is 12.8 Å². The standard InChI is InChI=1S/C16H22F3NO2S/c1-9-10(12(18)13(19)14(23-5)11(9)17)7-6-8-20-15(21)22-16(2,3)4/h6-8H2,1-5H3,(H,20,21). The molecule has 1 aromatic carbocycles. The second kappa shape index (κ2) is 7.95. The molecule has 0 fully saturated rings. The van der Waals surface area contributed by atoms with E-state index < -0.39 is 29.1 Å². The third-order valence-electron chi connectivity index (χ3n) is 3.11. The van der Waals surface area contributed by atoms with Crippen molar-refractivity contribution in [3.8, 4) is 0 Å². The molecule has 0 saturated carbocycles. The van der Waals surface area contributed by atoms with Gasteiger partial charge in [-0.15, -0.1) is 11.8 Å². The number of ether oxygens (including phenoxy) is 1. The number of rotatable bonds is 5. The molecular weight excluding hydrogens is 327 g/mol. The number of amides is 1. The van der Waals surface area contributed by atoms with Gasteiger partial charge in [-0.05, 0) is 57.9 Å². The summed E-state index contributed by atoms with van der Waals surface area (Å²) >= 11 is 0.833. The van der Waals surface area contributed by atoms with Gasteiger partial charge in [0, 0.05) is 6.54 Å². The summed E-state index contributed by atoms with van der Waals surface area (Å²) in [6.45, 7) is 6.87. The molecule has 0 bridgehead atoms. The highest BCUT2D eigenvalue weighted by Gasteiger charge is 2.22. The number of benzene rings is 1. The van der Waals surface area contributed by atoms with Gasteiger partial charge in [-0.1, -0.05) is 0 Å². The summed E-state index contributed by atoms with van der Waals surface area (Å²) in [4.78, 5) is 11.2. The second-order valence-corrected chi connectivity index (χ2v) is 6.93. The lowest BCUT2D eigenvalue weighted by Gasteiger charge is -2.19. The van der Waals surface area contributed by atoms with Crippen molar-refractivity contribution < 1.29 is 22.7 Å². The first kappa shape index (κ1) is 19.7. The third kappa shape index (κ3) is 5.34. The number of nitrogens with one attached hydrogen (secondary N) is 1. The van der Waals surface area contributed by atoms with Crippen molar-refractivity contribution >= 4 is 17.9 Å². The predicted molar refractivity (Wildman–Crippen MR) is 85.4 cm³/mol. The largest absolute Gasteiger partial charge is 0.444 e. The van der Waals surface area contributed by atoms with Crippen LogP contribution in [0.2, 0.25) is 0 Å². The van der Waals surface area contributed by atoms with Crippen LogP contribution in [-0.4, -0.2) is 24.5 Å². The molecule has 1 N–H and O–H groups in total. The monoisotopic (exact) mass is 349 g/mol. The molecule has 23 heavy (non-hydrogen) atoms. The van der Waals surface area contributed by atoms with E-state index in [2.05, 4.69) is 5.32 Å². The lowest BCUT2D eigenvalue weighted by molar-refractivity contribution is 0.0527. The van der Waals surface area contributed by atoms with E-state index in [0.717, 1.165) is 11.8 Å². The summed E-state index contributed by atoms with van der Waals surface area (Å²) in [6, 6.07) is 0. The zero-order valence-electron chi connectivity index (χ0n) is 14.0. The van der Waals surface area contributed by atoms with Gasteiger partial charge in [0.15, 0.2) is 11.6 Å². The average Bonchev–Trinajstić information content (AvgIpc) is 2.43.